The van der Waals surface area contributed by atoms with Gasteiger partial charge in [0.25, 0.3) is 0 Å². The van der Waals surface area contributed by atoms with Crippen LogP contribution >= 0.6 is 0 Å². The summed E-state index contributed by atoms with van der Waals surface area (Å²) in [6.07, 6.45) is 1.26. The molecule has 94 valence electrons. The van der Waals surface area contributed by atoms with Crippen LogP contribution in [0.3, 0.4) is 0 Å². The Kier molecular flexibility index (Phi) is 3.89. The van der Waals surface area contributed by atoms with Crippen molar-refractivity contribution in [3.8, 4) is 5.75 Å². The average Bonchev–Trinajstić information content (AvgIpc) is 2.79. The first kappa shape index (κ1) is 12.2. The Morgan fingerprint density at radius 3 is 2.88 bits per heavy atom. The lowest BCUT2D eigenvalue weighted by atomic mass is 10.1. The zero-order valence-electron chi connectivity index (χ0n) is 11.0. The maximum atomic E-state index is 5.44. The van der Waals surface area contributed by atoms with Gasteiger partial charge in [0.05, 0.1) is 12.8 Å². The highest BCUT2D eigenvalue weighted by molar-refractivity contribution is 5.63. The zero-order valence-corrected chi connectivity index (χ0v) is 11.0. The molecular weight excluding hydrogens is 212 g/mol. The van der Waals surface area contributed by atoms with Crippen LogP contribution in [-0.2, 0) is 0 Å². The van der Waals surface area contributed by atoms with E-state index in [1.807, 2.05) is 0 Å². The Morgan fingerprint density at radius 2 is 2.24 bits per heavy atom. The standard InChI is InChI=1S/C14H22N2O/c1-10-6-11(2)14(13(7-10)17-3)16-9-12-4-5-15-8-12/h6-7,12,15-16H,4-5,8-9H2,1-3H3. The number of hydrogen-bond acceptors (Lipinski definition) is 3. The topological polar surface area (TPSA) is 33.3 Å². The van der Waals surface area contributed by atoms with E-state index >= 15 is 0 Å². The lowest BCUT2D eigenvalue weighted by Gasteiger charge is -2.17. The fourth-order valence-corrected chi connectivity index (χ4v) is 2.45. The lowest BCUT2D eigenvalue weighted by molar-refractivity contribution is 0.415. The molecule has 0 spiro atoms. The minimum absolute atomic E-state index is 0.736. The number of nitrogens with one attached hydrogen (secondary N) is 2. The number of rotatable bonds is 4. The third-order valence-corrected chi connectivity index (χ3v) is 3.39. The van der Waals surface area contributed by atoms with Crippen molar-refractivity contribution >= 4 is 5.69 Å². The van der Waals surface area contributed by atoms with Gasteiger partial charge in [0.15, 0.2) is 0 Å². The van der Waals surface area contributed by atoms with E-state index in [-0.39, 0.29) is 0 Å². The highest BCUT2D eigenvalue weighted by Crippen LogP contribution is 2.30. The van der Waals surface area contributed by atoms with E-state index in [1.165, 1.54) is 17.5 Å². The van der Waals surface area contributed by atoms with E-state index in [1.54, 1.807) is 7.11 Å². The van der Waals surface area contributed by atoms with Gasteiger partial charge in [-0.25, -0.2) is 0 Å². The van der Waals surface area contributed by atoms with Crippen LogP contribution in [0.2, 0.25) is 0 Å². The molecule has 1 aliphatic rings. The number of benzene rings is 1. The van der Waals surface area contributed by atoms with E-state index in [0.717, 1.165) is 37.0 Å². The van der Waals surface area contributed by atoms with Gasteiger partial charge in [0, 0.05) is 6.54 Å². The maximum Gasteiger partial charge on any atom is 0.142 e. The number of methoxy groups -OCH3 is 1. The van der Waals surface area contributed by atoms with Crippen LogP contribution in [0.15, 0.2) is 12.1 Å². The Labute approximate surface area is 104 Å². The highest BCUT2D eigenvalue weighted by atomic mass is 16.5. The van der Waals surface area contributed by atoms with Crippen molar-refractivity contribution in [2.45, 2.75) is 20.3 Å². The molecule has 1 aromatic rings. The third kappa shape index (κ3) is 2.91. The summed E-state index contributed by atoms with van der Waals surface area (Å²) in [6, 6.07) is 4.28. The average molecular weight is 234 g/mol. The second kappa shape index (κ2) is 5.41. The zero-order chi connectivity index (χ0) is 12.3. The second-order valence-corrected chi connectivity index (χ2v) is 4.90. The molecule has 0 saturated carbocycles. The second-order valence-electron chi connectivity index (χ2n) is 4.90. The van der Waals surface area contributed by atoms with Crippen molar-refractivity contribution in [2.75, 3.05) is 32.1 Å². The third-order valence-electron chi connectivity index (χ3n) is 3.39. The molecule has 0 bridgehead atoms. The van der Waals surface area contributed by atoms with Crippen molar-refractivity contribution < 1.29 is 4.74 Å². The maximum absolute atomic E-state index is 5.44. The van der Waals surface area contributed by atoms with Gasteiger partial charge < -0.3 is 15.4 Å². The van der Waals surface area contributed by atoms with Crippen LogP contribution < -0.4 is 15.4 Å². The molecule has 2 N–H and O–H groups in total. The molecule has 0 amide bonds. The summed E-state index contributed by atoms with van der Waals surface area (Å²) >= 11 is 0. The van der Waals surface area contributed by atoms with Gasteiger partial charge in [0.1, 0.15) is 5.75 Å². The summed E-state index contributed by atoms with van der Waals surface area (Å²) in [5.74, 6) is 1.69. The van der Waals surface area contributed by atoms with Crippen LogP contribution in [0.4, 0.5) is 5.69 Å². The molecule has 3 nitrogen and oxygen atoms in total. The molecule has 0 aliphatic carbocycles. The van der Waals surface area contributed by atoms with Crippen molar-refractivity contribution in [1.82, 2.24) is 5.32 Å². The van der Waals surface area contributed by atoms with Crippen LogP contribution in [0, 0.1) is 19.8 Å². The molecule has 0 radical (unpaired) electrons. The molecule has 1 saturated heterocycles. The number of anilines is 1. The highest BCUT2D eigenvalue weighted by Gasteiger charge is 2.15. The lowest BCUT2D eigenvalue weighted by Crippen LogP contribution is -2.18. The first-order valence-electron chi connectivity index (χ1n) is 6.30. The van der Waals surface area contributed by atoms with Crippen molar-refractivity contribution in [2.24, 2.45) is 5.92 Å². The van der Waals surface area contributed by atoms with E-state index in [0.29, 0.717) is 0 Å². The fraction of sp³-hybridized carbons (Fsp3) is 0.571. The summed E-state index contributed by atoms with van der Waals surface area (Å²) in [5.41, 5.74) is 3.64. The molecular formula is C14H22N2O. The normalized spacial score (nSPS) is 19.4. The molecule has 3 heteroatoms. The Bertz CT molecular complexity index is 384. The van der Waals surface area contributed by atoms with E-state index in [2.05, 4.69) is 36.6 Å². The van der Waals surface area contributed by atoms with Gasteiger partial charge >= 0.3 is 0 Å². The van der Waals surface area contributed by atoms with Crippen molar-refractivity contribution in [3.63, 3.8) is 0 Å². The predicted molar refractivity (Wildman–Crippen MR) is 71.9 cm³/mol. The molecule has 1 atom stereocenters. The van der Waals surface area contributed by atoms with Crippen LogP contribution in [-0.4, -0.2) is 26.7 Å². The smallest absolute Gasteiger partial charge is 0.142 e. The van der Waals surface area contributed by atoms with E-state index in [9.17, 15) is 0 Å². The molecule has 1 fully saturated rings. The fourth-order valence-electron chi connectivity index (χ4n) is 2.45. The van der Waals surface area contributed by atoms with Gasteiger partial charge in [-0.15, -0.1) is 0 Å². The molecule has 0 aromatic heterocycles. The Balaban J connectivity index is 2.08. The van der Waals surface area contributed by atoms with Crippen molar-refractivity contribution in [3.05, 3.63) is 23.3 Å². The Hall–Kier alpha value is -1.22. The number of hydrogen-bond donors (Lipinski definition) is 2. The first-order chi connectivity index (χ1) is 8.20. The van der Waals surface area contributed by atoms with Gasteiger partial charge in [-0.05, 0) is 56.5 Å². The van der Waals surface area contributed by atoms with E-state index < -0.39 is 0 Å². The first-order valence-corrected chi connectivity index (χ1v) is 6.30. The largest absolute Gasteiger partial charge is 0.495 e. The summed E-state index contributed by atoms with van der Waals surface area (Å²) in [7, 11) is 1.73. The summed E-state index contributed by atoms with van der Waals surface area (Å²) in [6.45, 7) is 7.52. The van der Waals surface area contributed by atoms with Gasteiger partial charge in [-0.3, -0.25) is 0 Å². The molecule has 1 heterocycles. The minimum atomic E-state index is 0.736. The number of ether oxygens (including phenoxy) is 1. The molecule has 1 aromatic carbocycles. The van der Waals surface area contributed by atoms with Gasteiger partial charge in [0.2, 0.25) is 0 Å². The summed E-state index contributed by atoms with van der Waals surface area (Å²) in [5, 5.41) is 6.93. The number of aryl methyl sites for hydroxylation is 2. The van der Waals surface area contributed by atoms with Crippen LogP contribution in [0.1, 0.15) is 17.5 Å². The minimum Gasteiger partial charge on any atom is -0.495 e. The van der Waals surface area contributed by atoms with Crippen LogP contribution in [0.25, 0.3) is 0 Å². The van der Waals surface area contributed by atoms with Crippen LogP contribution in [0.5, 0.6) is 5.75 Å². The quantitative estimate of drug-likeness (QED) is 0.839. The molecule has 2 rings (SSSR count). The van der Waals surface area contributed by atoms with E-state index in [4.69, 9.17) is 4.74 Å². The molecule has 1 aliphatic heterocycles. The van der Waals surface area contributed by atoms with Gasteiger partial charge in [-0.2, -0.15) is 0 Å². The van der Waals surface area contributed by atoms with Gasteiger partial charge in [-0.1, -0.05) is 6.07 Å². The summed E-state index contributed by atoms with van der Waals surface area (Å²) < 4.78 is 5.44. The SMILES string of the molecule is COc1cc(C)cc(C)c1NCC1CCNC1. The summed E-state index contributed by atoms with van der Waals surface area (Å²) in [4.78, 5) is 0. The predicted octanol–water partition coefficient (Wildman–Crippen LogP) is 2.33. The Morgan fingerprint density at radius 1 is 1.41 bits per heavy atom. The monoisotopic (exact) mass is 234 g/mol. The molecule has 1 unspecified atom stereocenters. The molecule has 17 heavy (non-hydrogen) atoms. The van der Waals surface area contributed by atoms with Crippen molar-refractivity contribution in [1.29, 1.82) is 0 Å².